The zero-order valence-corrected chi connectivity index (χ0v) is 14.6. The third-order valence-corrected chi connectivity index (χ3v) is 4.84. The summed E-state index contributed by atoms with van der Waals surface area (Å²) < 4.78 is 18.2. The zero-order valence-electron chi connectivity index (χ0n) is 13.7. The van der Waals surface area contributed by atoms with Crippen LogP contribution in [-0.4, -0.2) is 12.9 Å². The molecule has 0 saturated carbocycles. The summed E-state index contributed by atoms with van der Waals surface area (Å²) in [4.78, 5) is 12.9. The Hall–Kier alpha value is -3.37. The van der Waals surface area contributed by atoms with Gasteiger partial charge in [-0.3, -0.25) is 4.79 Å². The Kier molecular flexibility index (Phi) is 4.87. The van der Waals surface area contributed by atoms with Crippen molar-refractivity contribution in [3.05, 3.63) is 70.4 Å². The summed E-state index contributed by atoms with van der Waals surface area (Å²) in [6, 6.07) is 14.3. The minimum atomic E-state index is -0.430. The van der Waals surface area contributed by atoms with Crippen LogP contribution < -0.4 is 15.8 Å². The number of nitrogens with two attached hydrogens (primary N) is 1. The molecule has 0 radical (unpaired) electrons. The van der Waals surface area contributed by atoms with E-state index < -0.39 is 5.82 Å². The van der Waals surface area contributed by atoms with Gasteiger partial charge in [0.1, 0.15) is 33.1 Å². The fourth-order valence-corrected chi connectivity index (χ4v) is 3.40. The molecule has 0 amide bonds. The van der Waals surface area contributed by atoms with Crippen LogP contribution in [0.25, 0.3) is 0 Å². The monoisotopic (exact) mass is 367 g/mol. The van der Waals surface area contributed by atoms with E-state index in [4.69, 9.17) is 10.5 Å². The number of hydrogen-bond acceptors (Lipinski definition) is 6. The van der Waals surface area contributed by atoms with Crippen LogP contribution in [0.5, 0.6) is 5.75 Å². The van der Waals surface area contributed by atoms with Crippen LogP contribution in [0.15, 0.2) is 48.5 Å². The van der Waals surface area contributed by atoms with E-state index in [2.05, 4.69) is 5.32 Å². The highest BCUT2D eigenvalue weighted by molar-refractivity contribution is 7.19. The average molecular weight is 367 g/mol. The number of nitrogens with zero attached hydrogens (tertiary/aromatic N) is 1. The molecule has 0 fully saturated rings. The van der Waals surface area contributed by atoms with Gasteiger partial charge in [0.15, 0.2) is 0 Å². The van der Waals surface area contributed by atoms with E-state index in [1.54, 1.807) is 31.4 Å². The molecule has 7 heteroatoms. The van der Waals surface area contributed by atoms with E-state index in [1.807, 2.05) is 6.07 Å². The molecule has 0 aliphatic rings. The molecule has 5 nitrogen and oxygen atoms in total. The van der Waals surface area contributed by atoms with E-state index in [9.17, 15) is 14.4 Å². The second-order valence-corrected chi connectivity index (χ2v) is 6.37. The Bertz CT molecular complexity index is 989. The molecule has 26 heavy (non-hydrogen) atoms. The predicted octanol–water partition coefficient (Wildman–Crippen LogP) is 4.32. The highest BCUT2D eigenvalue weighted by atomic mass is 32.1. The van der Waals surface area contributed by atoms with Gasteiger partial charge in [-0.1, -0.05) is 0 Å². The van der Waals surface area contributed by atoms with Crippen LogP contribution in [0.3, 0.4) is 0 Å². The van der Waals surface area contributed by atoms with Gasteiger partial charge in [-0.15, -0.1) is 11.3 Å². The van der Waals surface area contributed by atoms with Crippen molar-refractivity contribution in [1.29, 1.82) is 5.26 Å². The number of carbonyl (C=O) groups excluding carboxylic acids is 1. The van der Waals surface area contributed by atoms with Gasteiger partial charge in [0.05, 0.1) is 12.8 Å². The maximum absolute atomic E-state index is 13.1. The molecule has 2 aromatic carbocycles. The second-order valence-electron chi connectivity index (χ2n) is 5.35. The summed E-state index contributed by atoms with van der Waals surface area (Å²) in [5, 5.41) is 13.0. The molecular formula is C19H14FN3O2S. The smallest absolute Gasteiger partial charge is 0.205 e. The first-order valence-corrected chi connectivity index (χ1v) is 8.39. The standard InChI is InChI=1S/C19H14FN3O2S/c1-25-14-8-6-13(7-9-14)23-19-15(10-21)16(22)18(26-19)17(24)11-2-4-12(20)5-3-11/h2-9,23H,22H2,1H3. The lowest BCUT2D eigenvalue weighted by Crippen LogP contribution is -2.02. The summed E-state index contributed by atoms with van der Waals surface area (Å²) in [7, 11) is 1.57. The van der Waals surface area contributed by atoms with Crippen molar-refractivity contribution in [2.75, 3.05) is 18.2 Å². The average Bonchev–Trinajstić information content (AvgIpc) is 2.97. The topological polar surface area (TPSA) is 88.1 Å². The molecule has 3 aromatic rings. The number of hydrogen-bond donors (Lipinski definition) is 2. The second kappa shape index (κ2) is 7.25. The number of thiophene rings is 1. The van der Waals surface area contributed by atoms with E-state index >= 15 is 0 Å². The number of rotatable bonds is 5. The SMILES string of the molecule is COc1ccc(Nc2sc(C(=O)c3ccc(F)cc3)c(N)c2C#N)cc1. The Morgan fingerprint density at radius 1 is 1.19 bits per heavy atom. The Labute approximate surface area is 153 Å². The quantitative estimate of drug-likeness (QED) is 0.656. The van der Waals surface area contributed by atoms with Crippen LogP contribution in [0.4, 0.5) is 20.8 Å². The number of methoxy groups -OCH3 is 1. The van der Waals surface area contributed by atoms with Gasteiger partial charge in [-0.2, -0.15) is 5.26 Å². The largest absolute Gasteiger partial charge is 0.497 e. The molecule has 0 bridgehead atoms. The third-order valence-electron chi connectivity index (χ3n) is 3.72. The Morgan fingerprint density at radius 2 is 1.85 bits per heavy atom. The normalized spacial score (nSPS) is 10.2. The van der Waals surface area contributed by atoms with Crippen molar-refractivity contribution in [2.45, 2.75) is 0 Å². The number of benzene rings is 2. The molecule has 1 aromatic heterocycles. The number of halogens is 1. The summed E-state index contributed by atoms with van der Waals surface area (Å²) >= 11 is 1.09. The predicted molar refractivity (Wildman–Crippen MR) is 99.6 cm³/mol. The number of ketones is 1. The Morgan fingerprint density at radius 3 is 2.42 bits per heavy atom. The molecule has 1 heterocycles. The summed E-state index contributed by atoms with van der Waals surface area (Å²) in [6.45, 7) is 0. The Balaban J connectivity index is 1.94. The molecule has 0 atom stereocenters. The molecule has 0 aliphatic heterocycles. The van der Waals surface area contributed by atoms with Crippen molar-refractivity contribution >= 4 is 33.5 Å². The molecule has 0 aliphatic carbocycles. The third kappa shape index (κ3) is 3.36. The fraction of sp³-hybridized carbons (Fsp3) is 0.0526. The maximum atomic E-state index is 13.1. The van der Waals surface area contributed by atoms with Crippen molar-refractivity contribution in [1.82, 2.24) is 0 Å². The van der Waals surface area contributed by atoms with E-state index in [0.29, 0.717) is 16.3 Å². The van der Waals surface area contributed by atoms with Gasteiger partial charge in [-0.05, 0) is 48.5 Å². The van der Waals surface area contributed by atoms with Gasteiger partial charge in [0.25, 0.3) is 0 Å². The number of nitriles is 1. The molecule has 0 unspecified atom stereocenters. The van der Waals surface area contributed by atoms with Gasteiger partial charge in [0, 0.05) is 11.3 Å². The van der Waals surface area contributed by atoms with Crippen LogP contribution >= 0.6 is 11.3 Å². The van der Waals surface area contributed by atoms with Crippen LogP contribution in [0.1, 0.15) is 20.8 Å². The first-order chi connectivity index (χ1) is 12.5. The summed E-state index contributed by atoms with van der Waals surface area (Å²) in [5.41, 5.74) is 7.37. The van der Waals surface area contributed by atoms with Gasteiger partial charge in [-0.25, -0.2) is 4.39 Å². The lowest BCUT2D eigenvalue weighted by atomic mass is 10.1. The molecule has 3 rings (SSSR count). The molecule has 130 valence electrons. The lowest BCUT2D eigenvalue weighted by molar-refractivity contribution is 0.104. The number of nitrogens with one attached hydrogen (secondary N) is 1. The molecule has 3 N–H and O–H groups in total. The molecule has 0 spiro atoms. The van der Waals surface area contributed by atoms with E-state index in [-0.39, 0.29) is 21.9 Å². The first-order valence-electron chi connectivity index (χ1n) is 7.57. The molecule has 0 saturated heterocycles. The van der Waals surface area contributed by atoms with Crippen molar-refractivity contribution in [2.24, 2.45) is 0 Å². The first kappa shape index (κ1) is 17.5. The number of anilines is 3. The number of ether oxygens (including phenoxy) is 1. The van der Waals surface area contributed by atoms with Crippen molar-refractivity contribution in [3.63, 3.8) is 0 Å². The van der Waals surface area contributed by atoms with Gasteiger partial charge in [0.2, 0.25) is 5.78 Å². The van der Waals surface area contributed by atoms with Gasteiger partial charge < -0.3 is 15.8 Å². The highest BCUT2D eigenvalue weighted by Crippen LogP contribution is 2.38. The van der Waals surface area contributed by atoms with Crippen molar-refractivity contribution in [3.8, 4) is 11.8 Å². The van der Waals surface area contributed by atoms with Crippen LogP contribution in [-0.2, 0) is 0 Å². The van der Waals surface area contributed by atoms with E-state index in [1.165, 1.54) is 24.3 Å². The number of carbonyl (C=O) groups is 1. The van der Waals surface area contributed by atoms with Crippen molar-refractivity contribution < 1.29 is 13.9 Å². The summed E-state index contributed by atoms with van der Waals surface area (Å²) in [5.74, 6) is -0.0824. The summed E-state index contributed by atoms with van der Waals surface area (Å²) in [6.07, 6.45) is 0. The minimum absolute atomic E-state index is 0.114. The number of nitrogen functional groups attached to an aromatic ring is 1. The van der Waals surface area contributed by atoms with Gasteiger partial charge >= 0.3 is 0 Å². The lowest BCUT2D eigenvalue weighted by Gasteiger charge is -2.05. The highest BCUT2D eigenvalue weighted by Gasteiger charge is 2.22. The maximum Gasteiger partial charge on any atom is 0.205 e. The zero-order chi connectivity index (χ0) is 18.7. The fourth-order valence-electron chi connectivity index (χ4n) is 2.35. The van der Waals surface area contributed by atoms with Crippen LogP contribution in [0, 0.1) is 17.1 Å². The minimum Gasteiger partial charge on any atom is -0.497 e. The van der Waals surface area contributed by atoms with E-state index in [0.717, 1.165) is 17.0 Å². The molecular weight excluding hydrogens is 353 g/mol. The van der Waals surface area contributed by atoms with Crippen LogP contribution in [0.2, 0.25) is 0 Å².